The number of halogens is 1. The summed E-state index contributed by atoms with van der Waals surface area (Å²) in [5.74, 6) is 0.0413. The Hall–Kier alpha value is -1.03. The lowest BCUT2D eigenvalue weighted by atomic mass is 10.3. The first-order chi connectivity index (χ1) is 7.17. The average molecular weight is 230 g/mol. The van der Waals surface area contributed by atoms with Crippen LogP contribution in [0.4, 0.5) is 0 Å². The van der Waals surface area contributed by atoms with Gasteiger partial charge in [0.1, 0.15) is 5.69 Å². The SMILES string of the molecule is CCCC(=O)NCc1nn(CC)cc1Cl. The van der Waals surface area contributed by atoms with E-state index in [-0.39, 0.29) is 5.91 Å². The molecule has 0 aliphatic heterocycles. The fraction of sp³-hybridized carbons (Fsp3) is 0.600. The summed E-state index contributed by atoms with van der Waals surface area (Å²) in [5.41, 5.74) is 0.725. The molecule has 0 bridgehead atoms. The first kappa shape index (κ1) is 12.0. The van der Waals surface area contributed by atoms with Crippen LogP contribution in [0, 0.1) is 0 Å². The van der Waals surface area contributed by atoms with Crippen LogP contribution in [-0.2, 0) is 17.9 Å². The molecule has 1 aromatic heterocycles. The van der Waals surface area contributed by atoms with E-state index in [2.05, 4.69) is 10.4 Å². The highest BCUT2D eigenvalue weighted by Gasteiger charge is 2.07. The minimum absolute atomic E-state index is 0.0413. The third-order valence-corrected chi connectivity index (χ3v) is 2.36. The van der Waals surface area contributed by atoms with Gasteiger partial charge in [0.25, 0.3) is 0 Å². The van der Waals surface area contributed by atoms with Crippen LogP contribution in [0.5, 0.6) is 0 Å². The standard InChI is InChI=1S/C10H16ClN3O/c1-3-5-10(15)12-6-9-8(11)7-14(4-2)13-9/h7H,3-6H2,1-2H3,(H,12,15). The molecule has 0 aliphatic carbocycles. The van der Waals surface area contributed by atoms with Gasteiger partial charge < -0.3 is 5.32 Å². The number of amides is 1. The maximum atomic E-state index is 11.2. The van der Waals surface area contributed by atoms with Gasteiger partial charge in [-0.15, -0.1) is 0 Å². The van der Waals surface area contributed by atoms with Crippen LogP contribution in [0.3, 0.4) is 0 Å². The second kappa shape index (κ2) is 5.75. The van der Waals surface area contributed by atoms with Crippen molar-refractivity contribution in [1.82, 2.24) is 15.1 Å². The lowest BCUT2D eigenvalue weighted by molar-refractivity contribution is -0.121. The Morgan fingerprint density at radius 1 is 1.60 bits per heavy atom. The Labute approximate surface area is 94.6 Å². The smallest absolute Gasteiger partial charge is 0.220 e. The van der Waals surface area contributed by atoms with Crippen molar-refractivity contribution in [3.05, 3.63) is 16.9 Å². The Morgan fingerprint density at radius 3 is 2.87 bits per heavy atom. The molecule has 5 heteroatoms. The molecule has 0 saturated heterocycles. The Morgan fingerprint density at radius 2 is 2.33 bits per heavy atom. The summed E-state index contributed by atoms with van der Waals surface area (Å²) in [6.07, 6.45) is 3.16. The molecule has 0 aliphatic rings. The minimum Gasteiger partial charge on any atom is -0.350 e. The Kier molecular flexibility index (Phi) is 4.62. The molecular formula is C10H16ClN3O. The number of hydrogen-bond acceptors (Lipinski definition) is 2. The highest BCUT2D eigenvalue weighted by atomic mass is 35.5. The van der Waals surface area contributed by atoms with E-state index in [0.717, 1.165) is 18.7 Å². The molecule has 1 aromatic rings. The van der Waals surface area contributed by atoms with Gasteiger partial charge in [-0.05, 0) is 13.3 Å². The van der Waals surface area contributed by atoms with E-state index in [1.165, 1.54) is 0 Å². The van der Waals surface area contributed by atoms with E-state index < -0.39 is 0 Å². The van der Waals surface area contributed by atoms with Gasteiger partial charge >= 0.3 is 0 Å². The number of carbonyl (C=O) groups is 1. The topological polar surface area (TPSA) is 46.9 Å². The lowest BCUT2D eigenvalue weighted by Gasteiger charge is -2.01. The molecule has 1 rings (SSSR count). The number of hydrogen-bond donors (Lipinski definition) is 1. The van der Waals surface area contributed by atoms with E-state index >= 15 is 0 Å². The first-order valence-corrected chi connectivity index (χ1v) is 5.53. The summed E-state index contributed by atoms with van der Waals surface area (Å²) in [4.78, 5) is 11.2. The fourth-order valence-electron chi connectivity index (χ4n) is 1.22. The van der Waals surface area contributed by atoms with E-state index in [0.29, 0.717) is 18.0 Å². The van der Waals surface area contributed by atoms with Crippen molar-refractivity contribution in [2.24, 2.45) is 0 Å². The van der Waals surface area contributed by atoms with Crippen LogP contribution in [0.25, 0.3) is 0 Å². The van der Waals surface area contributed by atoms with Gasteiger partial charge in [-0.25, -0.2) is 0 Å². The number of nitrogens with one attached hydrogen (secondary N) is 1. The van der Waals surface area contributed by atoms with Gasteiger partial charge in [-0.2, -0.15) is 5.10 Å². The third kappa shape index (κ3) is 3.55. The van der Waals surface area contributed by atoms with Crippen molar-refractivity contribution >= 4 is 17.5 Å². The highest BCUT2D eigenvalue weighted by Crippen LogP contribution is 2.13. The molecule has 0 spiro atoms. The van der Waals surface area contributed by atoms with Crippen molar-refractivity contribution < 1.29 is 4.79 Å². The van der Waals surface area contributed by atoms with Crippen molar-refractivity contribution in [1.29, 1.82) is 0 Å². The summed E-state index contributed by atoms with van der Waals surface area (Å²) in [6, 6.07) is 0. The van der Waals surface area contributed by atoms with Crippen molar-refractivity contribution in [2.45, 2.75) is 39.8 Å². The number of aromatic nitrogens is 2. The predicted molar refractivity (Wildman–Crippen MR) is 59.7 cm³/mol. The van der Waals surface area contributed by atoms with Crippen LogP contribution in [0.2, 0.25) is 5.02 Å². The molecule has 1 N–H and O–H groups in total. The fourth-order valence-corrected chi connectivity index (χ4v) is 1.43. The zero-order chi connectivity index (χ0) is 11.3. The van der Waals surface area contributed by atoms with Gasteiger partial charge in [0.15, 0.2) is 0 Å². The van der Waals surface area contributed by atoms with Crippen LogP contribution in [-0.4, -0.2) is 15.7 Å². The number of carbonyl (C=O) groups excluding carboxylic acids is 1. The molecule has 0 aromatic carbocycles. The zero-order valence-corrected chi connectivity index (χ0v) is 9.84. The van der Waals surface area contributed by atoms with Gasteiger partial charge in [0.05, 0.1) is 11.6 Å². The molecule has 0 fully saturated rings. The molecule has 0 unspecified atom stereocenters. The molecule has 0 saturated carbocycles. The number of rotatable bonds is 5. The lowest BCUT2D eigenvalue weighted by Crippen LogP contribution is -2.22. The van der Waals surface area contributed by atoms with Crippen LogP contribution in [0.1, 0.15) is 32.4 Å². The van der Waals surface area contributed by atoms with Gasteiger partial charge in [-0.1, -0.05) is 18.5 Å². The molecular weight excluding hydrogens is 214 g/mol. The second-order valence-electron chi connectivity index (χ2n) is 3.31. The van der Waals surface area contributed by atoms with Crippen molar-refractivity contribution in [3.63, 3.8) is 0 Å². The quantitative estimate of drug-likeness (QED) is 0.839. The zero-order valence-electron chi connectivity index (χ0n) is 9.09. The molecule has 84 valence electrons. The van der Waals surface area contributed by atoms with Gasteiger partial charge in [-0.3, -0.25) is 9.48 Å². The Balaban J connectivity index is 2.49. The predicted octanol–water partition coefficient (Wildman–Crippen LogP) is 1.97. The molecule has 0 atom stereocenters. The van der Waals surface area contributed by atoms with E-state index in [9.17, 15) is 4.79 Å². The Bertz CT molecular complexity index is 335. The van der Waals surface area contributed by atoms with Crippen LogP contribution >= 0.6 is 11.6 Å². The summed E-state index contributed by atoms with van der Waals surface area (Å²) < 4.78 is 1.75. The monoisotopic (exact) mass is 229 g/mol. The summed E-state index contributed by atoms with van der Waals surface area (Å²) in [6.45, 7) is 5.15. The number of aryl methyl sites for hydroxylation is 1. The van der Waals surface area contributed by atoms with Gasteiger partial charge in [0, 0.05) is 19.2 Å². The van der Waals surface area contributed by atoms with Crippen LogP contribution < -0.4 is 5.32 Å². The first-order valence-electron chi connectivity index (χ1n) is 5.15. The molecule has 1 amide bonds. The summed E-state index contributed by atoms with van der Waals surface area (Å²) in [5, 5.41) is 7.61. The summed E-state index contributed by atoms with van der Waals surface area (Å²) in [7, 11) is 0. The maximum Gasteiger partial charge on any atom is 0.220 e. The molecule has 15 heavy (non-hydrogen) atoms. The van der Waals surface area contributed by atoms with E-state index in [1.54, 1.807) is 10.9 Å². The van der Waals surface area contributed by atoms with Crippen molar-refractivity contribution in [3.8, 4) is 0 Å². The van der Waals surface area contributed by atoms with E-state index in [4.69, 9.17) is 11.6 Å². The third-order valence-electron chi connectivity index (χ3n) is 2.04. The largest absolute Gasteiger partial charge is 0.350 e. The number of nitrogens with zero attached hydrogens (tertiary/aromatic N) is 2. The summed E-state index contributed by atoms with van der Waals surface area (Å²) >= 11 is 5.95. The van der Waals surface area contributed by atoms with Gasteiger partial charge in [0.2, 0.25) is 5.91 Å². The normalized spacial score (nSPS) is 10.3. The molecule has 0 radical (unpaired) electrons. The molecule has 4 nitrogen and oxygen atoms in total. The van der Waals surface area contributed by atoms with Crippen molar-refractivity contribution in [2.75, 3.05) is 0 Å². The maximum absolute atomic E-state index is 11.2. The highest BCUT2D eigenvalue weighted by molar-refractivity contribution is 6.31. The minimum atomic E-state index is 0.0413. The molecule has 1 heterocycles. The average Bonchev–Trinajstić information content (AvgIpc) is 2.57. The van der Waals surface area contributed by atoms with E-state index in [1.807, 2.05) is 13.8 Å². The second-order valence-corrected chi connectivity index (χ2v) is 3.71. The van der Waals surface area contributed by atoms with Crippen LogP contribution in [0.15, 0.2) is 6.20 Å².